The Balaban J connectivity index is 2.98. The van der Waals surface area contributed by atoms with Gasteiger partial charge in [-0.15, -0.1) is 0 Å². The van der Waals surface area contributed by atoms with Gasteiger partial charge in [0.15, 0.2) is 5.78 Å². The number of ketones is 1. The summed E-state index contributed by atoms with van der Waals surface area (Å²) in [5.41, 5.74) is 0.0521. The standard InChI is InChI=1S/C7H10O4/c1-3-6(10)4(8)2-5(9)7(3)11/h4-5,8-10H,2H2,1H3. The number of aliphatic hydroxyl groups excluding tert-OH is 3. The minimum absolute atomic E-state index is 0.0521. The quantitative estimate of drug-likeness (QED) is 0.444. The highest BCUT2D eigenvalue weighted by atomic mass is 16.3. The summed E-state index contributed by atoms with van der Waals surface area (Å²) in [7, 11) is 0. The minimum atomic E-state index is -1.17. The zero-order valence-corrected chi connectivity index (χ0v) is 6.11. The lowest BCUT2D eigenvalue weighted by molar-refractivity contribution is -0.126. The number of rotatable bonds is 0. The van der Waals surface area contributed by atoms with Crippen LogP contribution in [0.4, 0.5) is 0 Å². The van der Waals surface area contributed by atoms with Crippen molar-refractivity contribution in [1.82, 2.24) is 0 Å². The maximum absolute atomic E-state index is 10.9. The SMILES string of the molecule is CC1=C(O)C(O)CC(O)C1=O. The van der Waals surface area contributed by atoms with Crippen molar-refractivity contribution in [3.63, 3.8) is 0 Å². The Morgan fingerprint density at radius 3 is 2.45 bits per heavy atom. The number of Topliss-reactive ketones (excluding diaryl/α,β-unsaturated/α-hetero) is 1. The molecule has 4 nitrogen and oxygen atoms in total. The molecule has 0 radical (unpaired) electrons. The van der Waals surface area contributed by atoms with E-state index in [0.717, 1.165) is 0 Å². The van der Waals surface area contributed by atoms with E-state index in [1.807, 2.05) is 0 Å². The van der Waals surface area contributed by atoms with Gasteiger partial charge in [0, 0.05) is 12.0 Å². The molecule has 0 aliphatic heterocycles. The zero-order chi connectivity index (χ0) is 8.59. The number of carbonyl (C=O) groups excluding carboxylic acids is 1. The monoisotopic (exact) mass is 158 g/mol. The van der Waals surface area contributed by atoms with Crippen LogP contribution in [-0.2, 0) is 4.79 Å². The maximum Gasteiger partial charge on any atom is 0.190 e. The molecule has 0 amide bonds. The van der Waals surface area contributed by atoms with E-state index < -0.39 is 18.0 Å². The average molecular weight is 158 g/mol. The highest BCUT2D eigenvalue weighted by Gasteiger charge is 2.31. The summed E-state index contributed by atoms with van der Waals surface area (Å²) in [5.74, 6) is -0.826. The minimum Gasteiger partial charge on any atom is -0.509 e. The molecule has 1 aliphatic rings. The van der Waals surface area contributed by atoms with E-state index in [4.69, 9.17) is 15.3 Å². The van der Waals surface area contributed by atoms with Gasteiger partial charge in [0.05, 0.1) is 0 Å². The van der Waals surface area contributed by atoms with Gasteiger partial charge in [-0.25, -0.2) is 0 Å². The molecule has 0 bridgehead atoms. The maximum atomic E-state index is 10.9. The molecule has 0 fully saturated rings. The normalized spacial score (nSPS) is 32.8. The predicted molar refractivity (Wildman–Crippen MR) is 37.0 cm³/mol. The first-order valence-electron chi connectivity index (χ1n) is 3.34. The van der Waals surface area contributed by atoms with Crippen molar-refractivity contribution in [3.05, 3.63) is 11.3 Å². The first kappa shape index (κ1) is 8.23. The number of hydrogen-bond acceptors (Lipinski definition) is 4. The highest BCUT2D eigenvalue weighted by molar-refractivity contribution is 5.99. The zero-order valence-electron chi connectivity index (χ0n) is 6.11. The van der Waals surface area contributed by atoms with E-state index >= 15 is 0 Å². The molecule has 0 heterocycles. The van der Waals surface area contributed by atoms with Crippen molar-refractivity contribution >= 4 is 5.78 Å². The molecule has 4 heteroatoms. The van der Waals surface area contributed by atoms with E-state index in [0.29, 0.717) is 0 Å². The van der Waals surface area contributed by atoms with Gasteiger partial charge in [0.1, 0.15) is 18.0 Å². The van der Waals surface area contributed by atoms with Crippen LogP contribution >= 0.6 is 0 Å². The van der Waals surface area contributed by atoms with Crippen molar-refractivity contribution < 1.29 is 20.1 Å². The van der Waals surface area contributed by atoms with Crippen LogP contribution in [0.1, 0.15) is 13.3 Å². The summed E-state index contributed by atoms with van der Waals surface area (Å²) in [5, 5.41) is 27.0. The molecule has 11 heavy (non-hydrogen) atoms. The lowest BCUT2D eigenvalue weighted by Crippen LogP contribution is -2.34. The van der Waals surface area contributed by atoms with E-state index in [1.54, 1.807) is 0 Å². The molecular formula is C7H10O4. The van der Waals surface area contributed by atoms with Crippen molar-refractivity contribution in [3.8, 4) is 0 Å². The molecule has 1 aliphatic carbocycles. The molecule has 0 aromatic carbocycles. The van der Waals surface area contributed by atoms with E-state index in [2.05, 4.69) is 0 Å². The second kappa shape index (κ2) is 2.64. The van der Waals surface area contributed by atoms with Gasteiger partial charge in [-0.1, -0.05) is 0 Å². The van der Waals surface area contributed by atoms with Gasteiger partial charge < -0.3 is 15.3 Å². The van der Waals surface area contributed by atoms with Crippen molar-refractivity contribution in [1.29, 1.82) is 0 Å². The van der Waals surface area contributed by atoms with Gasteiger partial charge in [0.2, 0.25) is 0 Å². The van der Waals surface area contributed by atoms with Gasteiger partial charge in [-0.05, 0) is 6.92 Å². The van der Waals surface area contributed by atoms with E-state index in [-0.39, 0.29) is 17.8 Å². The van der Waals surface area contributed by atoms with Crippen LogP contribution in [0.25, 0.3) is 0 Å². The van der Waals surface area contributed by atoms with Gasteiger partial charge in [-0.2, -0.15) is 0 Å². The Bertz CT molecular complexity index is 218. The molecule has 1 rings (SSSR count). The predicted octanol–water partition coefficient (Wildman–Crippen LogP) is -0.487. The summed E-state index contributed by atoms with van der Waals surface area (Å²) in [6, 6.07) is 0. The summed E-state index contributed by atoms with van der Waals surface area (Å²) in [4.78, 5) is 10.9. The van der Waals surface area contributed by atoms with Crippen molar-refractivity contribution in [2.24, 2.45) is 0 Å². The molecule has 0 spiro atoms. The molecule has 0 saturated heterocycles. The Morgan fingerprint density at radius 1 is 1.36 bits per heavy atom. The lowest BCUT2D eigenvalue weighted by Gasteiger charge is -2.21. The summed E-state index contributed by atoms with van der Waals surface area (Å²) in [6.45, 7) is 1.38. The third-order valence-corrected chi connectivity index (χ3v) is 1.82. The van der Waals surface area contributed by atoms with Crippen LogP contribution in [0.2, 0.25) is 0 Å². The van der Waals surface area contributed by atoms with Crippen LogP contribution in [0, 0.1) is 0 Å². The van der Waals surface area contributed by atoms with Crippen LogP contribution < -0.4 is 0 Å². The molecule has 0 saturated carbocycles. The van der Waals surface area contributed by atoms with Crippen LogP contribution in [-0.4, -0.2) is 33.3 Å². The molecule has 0 aromatic rings. The molecule has 0 aromatic heterocycles. The first-order chi connectivity index (χ1) is 5.04. The molecular weight excluding hydrogens is 148 g/mol. The largest absolute Gasteiger partial charge is 0.509 e. The molecule has 3 N–H and O–H groups in total. The number of carbonyl (C=O) groups is 1. The third-order valence-electron chi connectivity index (χ3n) is 1.82. The Kier molecular flexibility index (Phi) is 1.97. The summed E-state index contributed by atoms with van der Waals surface area (Å²) in [6.07, 6.45) is -2.37. The Morgan fingerprint density at radius 2 is 1.91 bits per heavy atom. The van der Waals surface area contributed by atoms with Crippen molar-refractivity contribution in [2.75, 3.05) is 0 Å². The Labute approximate surface area is 63.8 Å². The second-order valence-corrected chi connectivity index (χ2v) is 2.64. The highest BCUT2D eigenvalue weighted by Crippen LogP contribution is 2.20. The fraction of sp³-hybridized carbons (Fsp3) is 0.571. The van der Waals surface area contributed by atoms with Crippen LogP contribution in [0.3, 0.4) is 0 Å². The molecule has 2 atom stereocenters. The smallest absolute Gasteiger partial charge is 0.190 e. The number of hydrogen-bond donors (Lipinski definition) is 3. The molecule has 62 valence electrons. The topological polar surface area (TPSA) is 77.8 Å². The van der Waals surface area contributed by atoms with E-state index in [1.165, 1.54) is 6.92 Å². The fourth-order valence-electron chi connectivity index (χ4n) is 1.06. The average Bonchev–Trinajstić information content (AvgIpc) is 1.97. The third kappa shape index (κ3) is 1.27. The first-order valence-corrected chi connectivity index (χ1v) is 3.34. The van der Waals surface area contributed by atoms with Gasteiger partial charge in [-0.3, -0.25) is 4.79 Å². The summed E-state index contributed by atoms with van der Waals surface area (Å²) < 4.78 is 0. The van der Waals surface area contributed by atoms with Gasteiger partial charge >= 0.3 is 0 Å². The second-order valence-electron chi connectivity index (χ2n) is 2.64. The van der Waals surface area contributed by atoms with E-state index in [9.17, 15) is 4.79 Å². The van der Waals surface area contributed by atoms with Gasteiger partial charge in [0.25, 0.3) is 0 Å². The molecule has 2 unspecified atom stereocenters. The van der Waals surface area contributed by atoms with Crippen molar-refractivity contribution in [2.45, 2.75) is 25.6 Å². The fourth-order valence-corrected chi connectivity index (χ4v) is 1.06. The Hall–Kier alpha value is -0.870. The summed E-state index contributed by atoms with van der Waals surface area (Å²) >= 11 is 0. The number of aliphatic hydroxyl groups is 3. The van der Waals surface area contributed by atoms with Crippen LogP contribution in [0.15, 0.2) is 11.3 Å². The van der Waals surface area contributed by atoms with Crippen LogP contribution in [0.5, 0.6) is 0 Å². The lowest BCUT2D eigenvalue weighted by atomic mass is 9.93.